The van der Waals surface area contributed by atoms with Crippen LogP contribution in [0.2, 0.25) is 0 Å². The Morgan fingerprint density at radius 2 is 1.54 bits per heavy atom. The van der Waals surface area contributed by atoms with Crippen molar-refractivity contribution in [3.63, 3.8) is 0 Å². The summed E-state index contributed by atoms with van der Waals surface area (Å²) >= 11 is 1.16. The molecule has 1 N–H and O–H groups in total. The summed E-state index contributed by atoms with van der Waals surface area (Å²) in [5, 5.41) is 2.82. The Morgan fingerprint density at radius 1 is 0.914 bits per heavy atom. The molecule has 35 heavy (non-hydrogen) atoms. The number of sulfonamides is 1. The first-order valence-corrected chi connectivity index (χ1v) is 13.6. The zero-order chi connectivity index (χ0) is 24.8. The Kier molecular flexibility index (Phi) is 7.97. The van der Waals surface area contributed by atoms with Crippen LogP contribution in [0, 0.1) is 0 Å². The predicted octanol–water partition coefficient (Wildman–Crippen LogP) is 2.65. The molecule has 1 aromatic heterocycles. The molecule has 0 radical (unpaired) electrons. The van der Waals surface area contributed by atoms with Gasteiger partial charge in [0.1, 0.15) is 4.21 Å². The number of hydrogen-bond donors (Lipinski definition) is 1. The summed E-state index contributed by atoms with van der Waals surface area (Å²) in [4.78, 5) is 29.2. The first-order chi connectivity index (χ1) is 16.8. The van der Waals surface area contributed by atoms with E-state index < -0.39 is 10.0 Å². The number of carbonyl (C=O) groups excluding carboxylic acids is 2. The fraction of sp³-hybridized carbons (Fsp3) is 0.280. The molecule has 1 aliphatic heterocycles. The molecule has 0 aliphatic carbocycles. The van der Waals surface area contributed by atoms with E-state index in [2.05, 4.69) is 5.32 Å². The standard InChI is InChI=1S/C25H28N4O4S2/c1-27(21-10-6-3-7-11-21)23(30)19-28-14-16-29(17-15-28)35(32,33)24-13-12-22(34-24)18-26-25(31)20-8-4-2-5-9-20/h2-13H,14-19H2,1H3,(H,26,31). The summed E-state index contributed by atoms with van der Waals surface area (Å²) in [5.74, 6) is -0.236. The van der Waals surface area contributed by atoms with Gasteiger partial charge < -0.3 is 10.2 Å². The topological polar surface area (TPSA) is 90.0 Å². The molecular weight excluding hydrogens is 484 g/mol. The third kappa shape index (κ3) is 6.15. The molecular formula is C25H28N4O4S2. The van der Waals surface area contributed by atoms with Crippen LogP contribution in [0.5, 0.6) is 0 Å². The second-order valence-electron chi connectivity index (χ2n) is 8.24. The van der Waals surface area contributed by atoms with E-state index in [1.54, 1.807) is 48.3 Å². The SMILES string of the molecule is CN(C(=O)CN1CCN(S(=O)(=O)c2ccc(CNC(=O)c3ccccc3)s2)CC1)c1ccccc1. The number of benzene rings is 2. The van der Waals surface area contributed by atoms with Crippen LogP contribution in [0.25, 0.3) is 0 Å². The van der Waals surface area contributed by atoms with Gasteiger partial charge in [0.25, 0.3) is 15.9 Å². The van der Waals surface area contributed by atoms with Crippen molar-refractivity contribution < 1.29 is 18.0 Å². The highest BCUT2D eigenvalue weighted by Crippen LogP contribution is 2.26. The minimum absolute atomic E-state index is 0.0343. The average molecular weight is 513 g/mol. The van der Waals surface area contributed by atoms with Gasteiger partial charge in [0.2, 0.25) is 5.91 Å². The summed E-state index contributed by atoms with van der Waals surface area (Å²) in [5.41, 5.74) is 1.38. The van der Waals surface area contributed by atoms with Gasteiger partial charge in [0.05, 0.1) is 13.1 Å². The Balaban J connectivity index is 1.29. The highest BCUT2D eigenvalue weighted by molar-refractivity contribution is 7.91. The predicted molar refractivity (Wildman–Crippen MR) is 137 cm³/mol. The molecule has 1 saturated heterocycles. The maximum absolute atomic E-state index is 13.1. The van der Waals surface area contributed by atoms with Crippen LogP contribution >= 0.6 is 11.3 Å². The number of hydrogen-bond acceptors (Lipinski definition) is 6. The van der Waals surface area contributed by atoms with Crippen LogP contribution in [0.15, 0.2) is 77.0 Å². The summed E-state index contributed by atoms with van der Waals surface area (Å²) in [6.07, 6.45) is 0. The summed E-state index contributed by atoms with van der Waals surface area (Å²) in [6, 6.07) is 21.6. The first-order valence-electron chi connectivity index (χ1n) is 11.3. The number of nitrogens with one attached hydrogen (secondary N) is 1. The van der Waals surface area contributed by atoms with Gasteiger partial charge in [0.15, 0.2) is 0 Å². The van der Waals surface area contributed by atoms with E-state index in [0.717, 1.165) is 21.9 Å². The molecule has 4 rings (SSSR count). The van der Waals surface area contributed by atoms with E-state index >= 15 is 0 Å². The molecule has 10 heteroatoms. The molecule has 8 nitrogen and oxygen atoms in total. The van der Waals surface area contributed by atoms with E-state index in [-0.39, 0.29) is 29.1 Å². The minimum atomic E-state index is -3.63. The Morgan fingerprint density at radius 3 is 2.20 bits per heavy atom. The number of amides is 2. The van der Waals surface area contributed by atoms with Crippen LogP contribution in [0.3, 0.4) is 0 Å². The molecule has 0 unspecified atom stereocenters. The number of para-hydroxylation sites is 1. The van der Waals surface area contributed by atoms with Crippen molar-refractivity contribution in [3.8, 4) is 0 Å². The Labute approximate surface area is 209 Å². The van der Waals surface area contributed by atoms with Crippen LogP contribution in [0.1, 0.15) is 15.2 Å². The van der Waals surface area contributed by atoms with Crippen molar-refractivity contribution in [1.29, 1.82) is 0 Å². The van der Waals surface area contributed by atoms with Crippen LogP contribution in [-0.2, 0) is 21.4 Å². The maximum Gasteiger partial charge on any atom is 0.252 e. The van der Waals surface area contributed by atoms with Crippen molar-refractivity contribution >= 4 is 38.9 Å². The molecule has 3 aromatic rings. The fourth-order valence-electron chi connectivity index (χ4n) is 3.80. The van der Waals surface area contributed by atoms with Crippen molar-refractivity contribution in [2.75, 3.05) is 44.7 Å². The number of thiophene rings is 1. The van der Waals surface area contributed by atoms with Gasteiger partial charge in [-0.25, -0.2) is 8.42 Å². The fourth-order valence-corrected chi connectivity index (χ4v) is 6.67. The lowest BCUT2D eigenvalue weighted by atomic mass is 10.2. The van der Waals surface area contributed by atoms with E-state index in [4.69, 9.17) is 0 Å². The van der Waals surface area contributed by atoms with Crippen molar-refractivity contribution in [1.82, 2.24) is 14.5 Å². The molecule has 1 fully saturated rings. The van der Waals surface area contributed by atoms with Gasteiger partial charge in [0, 0.05) is 49.4 Å². The van der Waals surface area contributed by atoms with E-state index in [1.165, 1.54) is 4.31 Å². The van der Waals surface area contributed by atoms with Crippen molar-refractivity contribution in [2.45, 2.75) is 10.8 Å². The van der Waals surface area contributed by atoms with Gasteiger partial charge >= 0.3 is 0 Å². The normalized spacial score (nSPS) is 15.0. The monoisotopic (exact) mass is 512 g/mol. The van der Waals surface area contributed by atoms with E-state index in [1.807, 2.05) is 41.3 Å². The molecule has 1 aliphatic rings. The van der Waals surface area contributed by atoms with E-state index in [9.17, 15) is 18.0 Å². The van der Waals surface area contributed by atoms with E-state index in [0.29, 0.717) is 31.7 Å². The van der Waals surface area contributed by atoms with Gasteiger partial charge in [-0.15, -0.1) is 11.3 Å². The van der Waals surface area contributed by atoms with Crippen LogP contribution in [-0.4, -0.2) is 69.2 Å². The quantitative estimate of drug-likeness (QED) is 0.501. The third-order valence-corrected chi connectivity index (χ3v) is 9.35. The highest BCUT2D eigenvalue weighted by Gasteiger charge is 2.30. The number of rotatable bonds is 8. The van der Waals surface area contributed by atoms with Crippen LogP contribution < -0.4 is 10.2 Å². The second-order valence-corrected chi connectivity index (χ2v) is 11.6. The molecule has 2 amide bonds. The summed E-state index contributed by atoms with van der Waals surface area (Å²) < 4.78 is 28.0. The number of piperazine rings is 1. The summed E-state index contributed by atoms with van der Waals surface area (Å²) in [6.45, 7) is 2.12. The third-order valence-electron chi connectivity index (χ3n) is 5.90. The largest absolute Gasteiger partial charge is 0.347 e. The van der Waals surface area contributed by atoms with Gasteiger partial charge in [-0.3, -0.25) is 14.5 Å². The lowest BCUT2D eigenvalue weighted by Gasteiger charge is -2.34. The molecule has 0 bridgehead atoms. The number of likely N-dealkylation sites (N-methyl/N-ethyl adjacent to an activating group) is 1. The van der Waals surface area contributed by atoms with Crippen molar-refractivity contribution in [3.05, 3.63) is 83.2 Å². The lowest BCUT2D eigenvalue weighted by molar-refractivity contribution is -0.119. The lowest BCUT2D eigenvalue weighted by Crippen LogP contribution is -2.51. The van der Waals surface area contributed by atoms with Gasteiger partial charge in [-0.2, -0.15) is 4.31 Å². The van der Waals surface area contributed by atoms with Crippen LogP contribution in [0.4, 0.5) is 5.69 Å². The molecule has 2 heterocycles. The first kappa shape index (κ1) is 25.1. The smallest absolute Gasteiger partial charge is 0.252 e. The second kappa shape index (κ2) is 11.1. The molecule has 0 spiro atoms. The molecule has 0 atom stereocenters. The Bertz CT molecular complexity index is 1250. The van der Waals surface area contributed by atoms with Gasteiger partial charge in [-0.05, 0) is 36.4 Å². The molecule has 2 aromatic carbocycles. The zero-order valence-corrected chi connectivity index (χ0v) is 21.1. The number of nitrogens with zero attached hydrogens (tertiary/aromatic N) is 3. The molecule has 184 valence electrons. The van der Waals surface area contributed by atoms with Crippen molar-refractivity contribution in [2.24, 2.45) is 0 Å². The Hall–Kier alpha value is -3.05. The van der Waals surface area contributed by atoms with Gasteiger partial charge in [-0.1, -0.05) is 36.4 Å². The minimum Gasteiger partial charge on any atom is -0.347 e. The highest BCUT2D eigenvalue weighted by atomic mass is 32.2. The maximum atomic E-state index is 13.1. The number of carbonyl (C=O) groups is 2. The zero-order valence-electron chi connectivity index (χ0n) is 19.5. The molecule has 0 saturated carbocycles. The average Bonchev–Trinajstić information content (AvgIpc) is 3.38. The summed E-state index contributed by atoms with van der Waals surface area (Å²) in [7, 11) is -1.88. The number of anilines is 1.